The Hall–Kier alpha value is -1.87. The van der Waals surface area contributed by atoms with E-state index in [0.29, 0.717) is 19.4 Å². The summed E-state index contributed by atoms with van der Waals surface area (Å²) >= 11 is 0. The summed E-state index contributed by atoms with van der Waals surface area (Å²) in [5.74, 6) is -1.69. The van der Waals surface area contributed by atoms with Gasteiger partial charge in [-0.25, -0.2) is 0 Å². The van der Waals surface area contributed by atoms with Crippen molar-refractivity contribution in [3.63, 3.8) is 0 Å². The van der Waals surface area contributed by atoms with Gasteiger partial charge >= 0.3 is 11.9 Å². The molecule has 0 amide bonds. The van der Waals surface area contributed by atoms with Crippen molar-refractivity contribution >= 4 is 17.9 Å². The second-order valence-corrected chi connectivity index (χ2v) is 6.16. The molecule has 0 aromatic carbocycles. The van der Waals surface area contributed by atoms with Gasteiger partial charge in [0.25, 0.3) is 0 Å². The van der Waals surface area contributed by atoms with Crippen molar-refractivity contribution in [2.75, 3.05) is 6.54 Å². The highest BCUT2D eigenvalue weighted by atomic mass is 16.4. The van der Waals surface area contributed by atoms with Gasteiger partial charge in [0.2, 0.25) is 0 Å². The van der Waals surface area contributed by atoms with Crippen LogP contribution in [0.5, 0.6) is 0 Å². The molecule has 1 unspecified atom stereocenters. The zero-order valence-corrected chi connectivity index (χ0v) is 15.8. The number of carboxylic acids is 2. The molecule has 26 heavy (non-hydrogen) atoms. The van der Waals surface area contributed by atoms with E-state index < -0.39 is 18.0 Å². The Morgan fingerprint density at radius 3 is 2.04 bits per heavy atom. The van der Waals surface area contributed by atoms with E-state index in [9.17, 15) is 14.7 Å². The van der Waals surface area contributed by atoms with Crippen LogP contribution < -0.4 is 17.2 Å². The number of rotatable bonds is 14. The van der Waals surface area contributed by atoms with E-state index in [4.69, 9.17) is 27.4 Å². The number of aliphatic imine (C=N–C) groups is 1. The highest BCUT2D eigenvalue weighted by Crippen LogP contribution is 2.09. The van der Waals surface area contributed by atoms with Crippen molar-refractivity contribution in [3.05, 3.63) is 0 Å². The van der Waals surface area contributed by atoms with Crippen LogP contribution in [0.4, 0.5) is 0 Å². The van der Waals surface area contributed by atoms with Crippen molar-refractivity contribution in [3.8, 4) is 0 Å². The minimum absolute atomic E-state index is 0.0129. The monoisotopic (exact) mass is 376 g/mol. The van der Waals surface area contributed by atoms with Gasteiger partial charge in [-0.2, -0.15) is 0 Å². The molecule has 2 atom stereocenters. The summed E-state index contributed by atoms with van der Waals surface area (Å²) in [5.41, 5.74) is 15.3. The second kappa shape index (κ2) is 17.9. The molecule has 0 aliphatic heterocycles. The number of unbranched alkanes of at least 4 members (excludes halogenated alkanes) is 4. The Kier molecular flexibility index (Phi) is 18.2. The van der Waals surface area contributed by atoms with Crippen LogP contribution in [0.3, 0.4) is 0 Å². The van der Waals surface area contributed by atoms with Crippen LogP contribution in [0.15, 0.2) is 4.99 Å². The van der Waals surface area contributed by atoms with Crippen molar-refractivity contribution in [1.29, 1.82) is 0 Å². The summed E-state index contributed by atoms with van der Waals surface area (Å²) in [4.78, 5) is 24.1. The number of hydrogen-bond acceptors (Lipinski definition) is 5. The first-order valence-electron chi connectivity index (χ1n) is 9.14. The largest absolute Gasteiger partial charge is 0.481 e. The number of hydrogen-bond donors (Lipinski definition) is 6. The second-order valence-electron chi connectivity index (χ2n) is 6.16. The maximum atomic E-state index is 10.2. The lowest BCUT2D eigenvalue weighted by atomic mass is 10.1. The topological polar surface area (TPSA) is 185 Å². The van der Waals surface area contributed by atoms with Crippen LogP contribution in [-0.2, 0) is 9.59 Å². The summed E-state index contributed by atoms with van der Waals surface area (Å²) in [7, 11) is 0. The van der Waals surface area contributed by atoms with Gasteiger partial charge in [0, 0.05) is 13.0 Å². The number of guanidine groups is 1. The van der Waals surface area contributed by atoms with E-state index in [-0.39, 0.29) is 18.5 Å². The molecule has 9 N–H and O–H groups in total. The van der Waals surface area contributed by atoms with Crippen molar-refractivity contribution < 1.29 is 24.9 Å². The van der Waals surface area contributed by atoms with Crippen molar-refractivity contribution in [2.24, 2.45) is 22.2 Å². The molecule has 9 heteroatoms. The molecule has 0 heterocycles. The summed E-state index contributed by atoms with van der Waals surface area (Å²) in [6, 6.07) is -0.820. The lowest BCUT2D eigenvalue weighted by Crippen LogP contribution is -2.30. The highest BCUT2D eigenvalue weighted by Gasteiger charge is 2.09. The standard InChI is InChI=1S/C11H22O3.C6H14N4O2/c1-2-10(12)8-6-4-3-5-7-9-11(13)14;7-4(5(11)12)2-1-3-10-6(8)9/h10,12H,2-9H2,1H3,(H,13,14);4H,1-3,7H2,(H,11,12)(H4,8,9,10)/t;4-/m.0/s1. The van der Waals surface area contributed by atoms with E-state index in [1.54, 1.807) is 0 Å². The van der Waals surface area contributed by atoms with Crippen LogP contribution in [0.1, 0.15) is 71.1 Å². The first-order valence-corrected chi connectivity index (χ1v) is 9.14. The van der Waals surface area contributed by atoms with E-state index in [0.717, 1.165) is 44.9 Å². The molecule has 0 spiro atoms. The minimum atomic E-state index is -1.00. The Labute approximate surface area is 155 Å². The van der Waals surface area contributed by atoms with E-state index in [1.807, 2.05) is 6.92 Å². The normalized spacial score (nSPS) is 12.4. The molecular formula is C17H36N4O5. The average Bonchev–Trinajstić information content (AvgIpc) is 2.57. The molecule has 0 radical (unpaired) electrons. The maximum absolute atomic E-state index is 10.2. The Morgan fingerprint density at radius 2 is 1.54 bits per heavy atom. The molecule has 0 rings (SSSR count). The quantitative estimate of drug-likeness (QED) is 0.147. The van der Waals surface area contributed by atoms with Crippen molar-refractivity contribution in [2.45, 2.75) is 83.3 Å². The third-order valence-corrected chi connectivity index (χ3v) is 3.68. The molecule has 0 aromatic heterocycles. The average molecular weight is 376 g/mol. The lowest BCUT2D eigenvalue weighted by Gasteiger charge is -2.06. The van der Waals surface area contributed by atoms with Gasteiger partial charge in [-0.3, -0.25) is 14.6 Å². The molecule has 0 bridgehead atoms. The molecule has 0 fully saturated rings. The van der Waals surface area contributed by atoms with E-state index in [2.05, 4.69) is 4.99 Å². The van der Waals surface area contributed by atoms with Crippen LogP contribution in [0.25, 0.3) is 0 Å². The fourth-order valence-corrected chi connectivity index (χ4v) is 2.03. The van der Waals surface area contributed by atoms with Gasteiger partial charge in [0.1, 0.15) is 6.04 Å². The van der Waals surface area contributed by atoms with Gasteiger partial charge in [0.15, 0.2) is 5.96 Å². The van der Waals surface area contributed by atoms with Gasteiger partial charge in [-0.1, -0.05) is 32.6 Å². The predicted octanol–water partition coefficient (Wildman–Crippen LogP) is 1.02. The molecule has 0 aromatic rings. The third-order valence-electron chi connectivity index (χ3n) is 3.68. The van der Waals surface area contributed by atoms with Gasteiger partial charge in [-0.15, -0.1) is 0 Å². The highest BCUT2D eigenvalue weighted by molar-refractivity contribution is 5.75. The Morgan fingerprint density at radius 1 is 0.962 bits per heavy atom. The van der Waals surface area contributed by atoms with E-state index >= 15 is 0 Å². The molecule has 154 valence electrons. The van der Waals surface area contributed by atoms with Gasteiger partial charge < -0.3 is 32.5 Å². The molecular weight excluding hydrogens is 340 g/mol. The summed E-state index contributed by atoms with van der Waals surface area (Å²) in [6.45, 7) is 2.40. The minimum Gasteiger partial charge on any atom is -0.481 e. The Bertz CT molecular complexity index is 401. The number of carbonyl (C=O) groups is 2. The van der Waals surface area contributed by atoms with E-state index in [1.165, 1.54) is 0 Å². The molecule has 0 saturated carbocycles. The van der Waals surface area contributed by atoms with Crippen LogP contribution in [0, 0.1) is 0 Å². The third kappa shape index (κ3) is 22.1. The maximum Gasteiger partial charge on any atom is 0.320 e. The molecule has 0 aliphatic rings. The lowest BCUT2D eigenvalue weighted by molar-refractivity contribution is -0.139. The van der Waals surface area contributed by atoms with Crippen LogP contribution in [0.2, 0.25) is 0 Å². The summed E-state index contributed by atoms with van der Waals surface area (Å²) in [6.07, 6.45) is 7.85. The van der Waals surface area contributed by atoms with Gasteiger partial charge in [-0.05, 0) is 32.1 Å². The number of carboxylic acid groups (broad SMARTS) is 2. The fraction of sp³-hybridized carbons (Fsp3) is 0.824. The first-order chi connectivity index (χ1) is 12.2. The Balaban J connectivity index is 0. The van der Waals surface area contributed by atoms with Crippen molar-refractivity contribution in [1.82, 2.24) is 0 Å². The number of aliphatic hydroxyl groups is 1. The van der Waals surface area contributed by atoms with Crippen LogP contribution >= 0.6 is 0 Å². The smallest absolute Gasteiger partial charge is 0.320 e. The molecule has 0 saturated heterocycles. The number of aliphatic hydroxyl groups excluding tert-OH is 1. The zero-order valence-electron chi connectivity index (χ0n) is 15.8. The SMILES string of the molecule is CCC(O)CCCCCCCC(=O)O.NC(N)=NCCC[C@H](N)C(=O)O. The van der Waals surface area contributed by atoms with Crippen LogP contribution in [-0.4, -0.2) is 51.9 Å². The zero-order chi connectivity index (χ0) is 20.4. The fourth-order valence-electron chi connectivity index (χ4n) is 2.03. The molecule has 0 aliphatic carbocycles. The summed E-state index contributed by atoms with van der Waals surface area (Å²) in [5, 5.41) is 26.0. The number of nitrogens with two attached hydrogens (primary N) is 3. The predicted molar refractivity (Wildman–Crippen MR) is 102 cm³/mol. The number of nitrogens with zero attached hydrogens (tertiary/aromatic N) is 1. The first kappa shape index (κ1) is 26.4. The van der Waals surface area contributed by atoms with Gasteiger partial charge in [0.05, 0.1) is 6.10 Å². The molecule has 9 nitrogen and oxygen atoms in total. The summed E-state index contributed by atoms with van der Waals surface area (Å²) < 4.78 is 0. The number of aliphatic carboxylic acids is 2.